The maximum absolute atomic E-state index is 12.6. The molecular weight excluding hydrogens is 376 g/mol. The molecule has 134 valence electrons. The fourth-order valence-corrected chi connectivity index (χ4v) is 3.62. The zero-order chi connectivity index (χ0) is 18.2. The van der Waals surface area contributed by atoms with Gasteiger partial charge in [0, 0.05) is 44.0 Å². The molecule has 1 aliphatic heterocycles. The molecule has 2 aromatic rings. The number of alkyl halides is 3. The number of phenolic OH excluding ortho intramolecular Hbond substituents is 1. The fraction of sp³-hybridized carbons (Fsp3) is 0.294. The monoisotopic (exact) mass is 390 g/mol. The van der Waals surface area contributed by atoms with Crippen molar-refractivity contribution < 1.29 is 18.3 Å². The third-order valence-electron chi connectivity index (χ3n) is 4.16. The third kappa shape index (κ3) is 3.90. The lowest BCUT2D eigenvalue weighted by Gasteiger charge is -2.38. The van der Waals surface area contributed by atoms with Crippen molar-refractivity contribution in [1.82, 2.24) is 0 Å². The number of nitrogens with zero attached hydrogens (tertiary/aromatic N) is 2. The second kappa shape index (κ2) is 6.84. The summed E-state index contributed by atoms with van der Waals surface area (Å²) < 4.78 is 37.9. The highest BCUT2D eigenvalue weighted by Crippen LogP contribution is 2.38. The molecule has 0 bridgehead atoms. The van der Waals surface area contributed by atoms with Gasteiger partial charge in [-0.1, -0.05) is 23.2 Å². The number of halogens is 5. The first-order valence-electron chi connectivity index (χ1n) is 7.61. The van der Waals surface area contributed by atoms with E-state index in [1.54, 1.807) is 0 Å². The summed E-state index contributed by atoms with van der Waals surface area (Å²) in [6.45, 7) is 2.48. The molecule has 1 fully saturated rings. The van der Waals surface area contributed by atoms with Gasteiger partial charge < -0.3 is 14.9 Å². The Kier molecular flexibility index (Phi) is 4.93. The van der Waals surface area contributed by atoms with Gasteiger partial charge in [-0.3, -0.25) is 0 Å². The van der Waals surface area contributed by atoms with E-state index in [2.05, 4.69) is 0 Å². The smallest absolute Gasteiger partial charge is 0.416 e. The summed E-state index contributed by atoms with van der Waals surface area (Å²) in [7, 11) is 0. The average molecular weight is 391 g/mol. The van der Waals surface area contributed by atoms with E-state index >= 15 is 0 Å². The van der Waals surface area contributed by atoms with Gasteiger partial charge in [0.1, 0.15) is 5.75 Å². The number of anilines is 2. The van der Waals surface area contributed by atoms with Gasteiger partial charge in [0.15, 0.2) is 0 Å². The first kappa shape index (κ1) is 18.0. The van der Waals surface area contributed by atoms with Crippen LogP contribution < -0.4 is 9.80 Å². The van der Waals surface area contributed by atoms with E-state index in [-0.39, 0.29) is 5.75 Å². The van der Waals surface area contributed by atoms with Crippen LogP contribution in [0.25, 0.3) is 0 Å². The van der Waals surface area contributed by atoms with Crippen LogP contribution in [0, 0.1) is 0 Å². The van der Waals surface area contributed by atoms with Crippen LogP contribution in [0.2, 0.25) is 10.0 Å². The van der Waals surface area contributed by atoms with E-state index in [0.29, 0.717) is 41.9 Å². The van der Waals surface area contributed by atoms with Gasteiger partial charge in [-0.15, -0.1) is 0 Å². The number of piperazine rings is 1. The molecule has 0 unspecified atom stereocenters. The van der Waals surface area contributed by atoms with E-state index in [1.807, 2.05) is 9.80 Å². The first-order valence-corrected chi connectivity index (χ1v) is 8.36. The van der Waals surface area contributed by atoms with E-state index in [9.17, 15) is 18.3 Å². The highest BCUT2D eigenvalue weighted by atomic mass is 35.5. The Hall–Kier alpha value is -1.79. The van der Waals surface area contributed by atoms with E-state index in [4.69, 9.17) is 23.2 Å². The van der Waals surface area contributed by atoms with Gasteiger partial charge in [-0.05, 0) is 24.3 Å². The molecule has 1 saturated heterocycles. The number of hydrogen-bond donors (Lipinski definition) is 1. The molecule has 0 radical (unpaired) electrons. The molecule has 1 N–H and O–H groups in total. The van der Waals surface area contributed by atoms with Crippen molar-refractivity contribution in [3.63, 3.8) is 0 Å². The normalized spacial score (nSPS) is 15.6. The van der Waals surface area contributed by atoms with Gasteiger partial charge >= 0.3 is 6.18 Å². The Balaban J connectivity index is 1.70. The molecule has 8 heteroatoms. The summed E-state index contributed by atoms with van der Waals surface area (Å²) in [6.07, 6.45) is -4.33. The second-order valence-corrected chi connectivity index (χ2v) is 6.59. The first-order chi connectivity index (χ1) is 11.8. The number of benzene rings is 2. The maximum atomic E-state index is 12.6. The Bertz CT molecular complexity index is 734. The Morgan fingerprint density at radius 2 is 1.32 bits per heavy atom. The lowest BCUT2D eigenvalue weighted by atomic mass is 10.1. The summed E-state index contributed by atoms with van der Waals surface area (Å²) in [6, 6.07) is 8.03. The van der Waals surface area contributed by atoms with Gasteiger partial charge in [-0.25, -0.2) is 0 Å². The van der Waals surface area contributed by atoms with Crippen LogP contribution in [0.5, 0.6) is 5.75 Å². The summed E-state index contributed by atoms with van der Waals surface area (Å²) in [5.74, 6) is 0.00198. The Morgan fingerprint density at radius 1 is 0.840 bits per heavy atom. The minimum atomic E-state index is -4.33. The highest BCUT2D eigenvalue weighted by Gasteiger charge is 2.30. The van der Waals surface area contributed by atoms with Crippen LogP contribution in [0.4, 0.5) is 24.5 Å². The molecule has 1 aliphatic rings. The summed E-state index contributed by atoms with van der Waals surface area (Å²) in [5.41, 5.74) is 0.751. The molecule has 3 nitrogen and oxygen atoms in total. The lowest BCUT2D eigenvalue weighted by Crippen LogP contribution is -2.46. The Morgan fingerprint density at radius 3 is 1.80 bits per heavy atom. The van der Waals surface area contributed by atoms with Crippen LogP contribution in [0.15, 0.2) is 36.4 Å². The van der Waals surface area contributed by atoms with Gasteiger partial charge in [-0.2, -0.15) is 13.2 Å². The van der Waals surface area contributed by atoms with Crippen molar-refractivity contribution in [1.29, 1.82) is 0 Å². The molecular formula is C17H15Cl2F3N2O. The molecule has 3 rings (SSSR count). The second-order valence-electron chi connectivity index (χ2n) is 5.78. The summed E-state index contributed by atoms with van der Waals surface area (Å²) >= 11 is 12.4. The average Bonchev–Trinajstić information content (AvgIpc) is 2.54. The predicted molar refractivity (Wildman–Crippen MR) is 94.0 cm³/mol. The molecule has 0 aliphatic carbocycles. The SMILES string of the molecule is Oc1cc(Cl)c(N2CCN(c3ccc(C(F)(F)F)cc3)CC2)c(Cl)c1. The summed E-state index contributed by atoms with van der Waals surface area (Å²) in [4.78, 5) is 4.02. The van der Waals surface area contributed by atoms with Crippen LogP contribution >= 0.6 is 23.2 Å². The van der Waals surface area contributed by atoms with E-state index < -0.39 is 11.7 Å². The number of rotatable bonds is 2. The molecule has 0 spiro atoms. The quantitative estimate of drug-likeness (QED) is 0.777. The maximum Gasteiger partial charge on any atom is 0.416 e. The molecule has 0 saturated carbocycles. The topological polar surface area (TPSA) is 26.7 Å². The standard InChI is InChI=1S/C17H15Cl2F3N2O/c18-14-9-13(25)10-15(19)16(14)24-7-5-23(6-8-24)12-3-1-11(2-4-12)17(20,21)22/h1-4,9-10,25H,5-8H2. The van der Waals surface area contributed by atoms with Crippen molar-refractivity contribution >= 4 is 34.6 Å². The predicted octanol–water partition coefficient (Wildman–Crippen LogP) is 5.04. The molecule has 0 amide bonds. The molecule has 0 aromatic heterocycles. The number of phenols is 1. The highest BCUT2D eigenvalue weighted by molar-refractivity contribution is 6.39. The minimum Gasteiger partial charge on any atom is -0.508 e. The van der Waals surface area contributed by atoms with Crippen LogP contribution in [-0.2, 0) is 6.18 Å². The van der Waals surface area contributed by atoms with Gasteiger partial charge in [0.25, 0.3) is 0 Å². The van der Waals surface area contributed by atoms with Crippen molar-refractivity contribution in [2.24, 2.45) is 0 Å². The fourth-order valence-electron chi connectivity index (χ4n) is 2.90. The van der Waals surface area contributed by atoms with E-state index in [1.165, 1.54) is 24.3 Å². The molecule has 1 heterocycles. The van der Waals surface area contributed by atoms with Crippen molar-refractivity contribution in [2.75, 3.05) is 36.0 Å². The number of hydrogen-bond acceptors (Lipinski definition) is 3. The molecule has 25 heavy (non-hydrogen) atoms. The zero-order valence-corrected chi connectivity index (χ0v) is 14.5. The van der Waals surface area contributed by atoms with Crippen LogP contribution in [0.1, 0.15) is 5.56 Å². The Labute approximate surface area is 153 Å². The van der Waals surface area contributed by atoms with Crippen LogP contribution in [0.3, 0.4) is 0 Å². The van der Waals surface area contributed by atoms with Crippen LogP contribution in [-0.4, -0.2) is 31.3 Å². The van der Waals surface area contributed by atoms with Gasteiger partial charge in [0.2, 0.25) is 0 Å². The van der Waals surface area contributed by atoms with E-state index in [0.717, 1.165) is 17.8 Å². The lowest BCUT2D eigenvalue weighted by molar-refractivity contribution is -0.137. The molecule has 2 aromatic carbocycles. The van der Waals surface area contributed by atoms with Crippen molar-refractivity contribution in [3.8, 4) is 5.75 Å². The summed E-state index contributed by atoms with van der Waals surface area (Å²) in [5, 5.41) is 10.2. The largest absolute Gasteiger partial charge is 0.508 e. The zero-order valence-electron chi connectivity index (χ0n) is 13.0. The molecule has 0 atom stereocenters. The minimum absolute atomic E-state index is 0.00198. The van der Waals surface area contributed by atoms with Gasteiger partial charge in [0.05, 0.1) is 21.3 Å². The third-order valence-corrected chi connectivity index (χ3v) is 4.73. The van der Waals surface area contributed by atoms with Crippen molar-refractivity contribution in [3.05, 3.63) is 52.0 Å². The number of aromatic hydroxyl groups is 1. The van der Waals surface area contributed by atoms with Crippen molar-refractivity contribution in [2.45, 2.75) is 6.18 Å².